The molecule has 3 aliphatic rings. The molecule has 1 aromatic rings. The normalized spacial score (nSPS) is 25.4. The van der Waals surface area contributed by atoms with E-state index < -0.39 is 10.0 Å². The van der Waals surface area contributed by atoms with Crippen LogP contribution in [0.4, 0.5) is 0 Å². The minimum absolute atomic E-state index is 0.0676. The van der Waals surface area contributed by atoms with Gasteiger partial charge in [-0.15, -0.1) is 0 Å². The molecule has 160 valence electrons. The zero-order valence-corrected chi connectivity index (χ0v) is 17.7. The predicted octanol–water partition coefficient (Wildman–Crippen LogP) is 1.41. The van der Waals surface area contributed by atoms with Crippen LogP contribution in [0.2, 0.25) is 0 Å². The summed E-state index contributed by atoms with van der Waals surface area (Å²) in [4.78, 5) is 17.6. The van der Waals surface area contributed by atoms with Gasteiger partial charge in [-0.3, -0.25) is 9.69 Å². The summed E-state index contributed by atoms with van der Waals surface area (Å²) < 4.78 is 32.8. The third-order valence-electron chi connectivity index (χ3n) is 6.35. The molecule has 1 amide bonds. The van der Waals surface area contributed by atoms with Gasteiger partial charge in [-0.05, 0) is 37.8 Å². The Hall–Kier alpha value is -1.48. The number of rotatable bonds is 5. The van der Waals surface area contributed by atoms with E-state index in [4.69, 9.17) is 4.74 Å². The van der Waals surface area contributed by atoms with Crippen molar-refractivity contribution in [2.75, 3.05) is 52.4 Å². The van der Waals surface area contributed by atoms with E-state index in [0.717, 1.165) is 52.2 Å². The molecule has 0 radical (unpaired) electrons. The van der Waals surface area contributed by atoms with Gasteiger partial charge in [0.1, 0.15) is 0 Å². The summed E-state index contributed by atoms with van der Waals surface area (Å²) in [6.45, 7) is 5.97. The Morgan fingerprint density at radius 3 is 2.28 bits per heavy atom. The maximum Gasteiger partial charge on any atom is 0.243 e. The number of carbonyl (C=O) groups is 1. The van der Waals surface area contributed by atoms with Gasteiger partial charge in [0.15, 0.2) is 0 Å². The molecule has 3 fully saturated rings. The minimum atomic E-state index is -3.46. The number of hydrogen-bond donors (Lipinski definition) is 0. The molecule has 0 N–H and O–H groups in total. The Bertz CT molecular complexity index is 779. The number of amides is 1. The van der Waals surface area contributed by atoms with Crippen molar-refractivity contribution in [3.8, 4) is 0 Å². The molecule has 0 bridgehead atoms. The molecular formula is C21H31N3O4S. The highest BCUT2D eigenvalue weighted by Gasteiger charge is 2.34. The lowest BCUT2D eigenvalue weighted by molar-refractivity contribution is -0.138. The Balaban J connectivity index is 1.25. The summed E-state index contributed by atoms with van der Waals surface area (Å²) in [5.74, 6) is 0.125. The maximum atomic E-state index is 12.9. The highest BCUT2D eigenvalue weighted by molar-refractivity contribution is 7.89. The van der Waals surface area contributed by atoms with Crippen molar-refractivity contribution < 1.29 is 17.9 Å². The minimum Gasteiger partial charge on any atom is -0.377 e. The molecule has 0 spiro atoms. The van der Waals surface area contributed by atoms with Gasteiger partial charge in [0.2, 0.25) is 15.9 Å². The van der Waals surface area contributed by atoms with Gasteiger partial charge in [-0.25, -0.2) is 8.42 Å². The van der Waals surface area contributed by atoms with Crippen LogP contribution in [-0.2, 0) is 19.6 Å². The topological polar surface area (TPSA) is 70.2 Å². The van der Waals surface area contributed by atoms with Crippen molar-refractivity contribution in [2.24, 2.45) is 5.92 Å². The average Bonchev–Trinajstić information content (AvgIpc) is 3.27. The standard InChI is InChI=1S/C21H31N3O4S/c25-21(23-14-12-22(13-15-23)17-19-5-4-16-28-19)18-8-10-24(11-9-18)29(26,27)20-6-2-1-3-7-20/h1-3,6-7,18-19H,4-5,8-17H2. The van der Waals surface area contributed by atoms with Gasteiger partial charge in [0.05, 0.1) is 11.0 Å². The molecule has 4 rings (SSSR count). The summed E-state index contributed by atoms with van der Waals surface area (Å²) in [5.41, 5.74) is 0. The summed E-state index contributed by atoms with van der Waals surface area (Å²) >= 11 is 0. The van der Waals surface area contributed by atoms with Gasteiger partial charge in [0, 0.05) is 58.3 Å². The molecule has 0 saturated carbocycles. The number of nitrogens with zero attached hydrogens (tertiary/aromatic N) is 3. The van der Waals surface area contributed by atoms with Gasteiger partial charge in [-0.1, -0.05) is 18.2 Å². The monoisotopic (exact) mass is 421 g/mol. The van der Waals surface area contributed by atoms with Crippen molar-refractivity contribution in [3.63, 3.8) is 0 Å². The summed E-state index contributed by atoms with van der Waals surface area (Å²) in [7, 11) is -3.46. The lowest BCUT2D eigenvalue weighted by atomic mass is 9.96. The smallest absolute Gasteiger partial charge is 0.243 e. The van der Waals surface area contributed by atoms with Crippen LogP contribution >= 0.6 is 0 Å². The molecule has 7 nitrogen and oxygen atoms in total. The van der Waals surface area contributed by atoms with E-state index in [9.17, 15) is 13.2 Å². The summed E-state index contributed by atoms with van der Waals surface area (Å²) in [6.07, 6.45) is 3.85. The molecule has 0 aromatic heterocycles. The van der Waals surface area contributed by atoms with Gasteiger partial charge in [0.25, 0.3) is 0 Å². The van der Waals surface area contributed by atoms with Crippen LogP contribution in [0.25, 0.3) is 0 Å². The van der Waals surface area contributed by atoms with Crippen molar-refractivity contribution in [2.45, 2.75) is 36.7 Å². The van der Waals surface area contributed by atoms with E-state index in [1.807, 2.05) is 11.0 Å². The Labute approximate surface area is 173 Å². The summed E-state index contributed by atoms with van der Waals surface area (Å²) in [6, 6.07) is 8.54. The number of sulfonamides is 1. The van der Waals surface area contributed by atoms with Crippen LogP contribution in [0.5, 0.6) is 0 Å². The number of hydrogen-bond acceptors (Lipinski definition) is 5. The quantitative estimate of drug-likeness (QED) is 0.719. The molecule has 3 heterocycles. The van der Waals surface area contributed by atoms with E-state index in [-0.39, 0.29) is 11.8 Å². The van der Waals surface area contributed by atoms with Crippen molar-refractivity contribution in [1.82, 2.24) is 14.1 Å². The molecule has 8 heteroatoms. The molecule has 1 atom stereocenters. The van der Waals surface area contributed by atoms with Crippen molar-refractivity contribution >= 4 is 15.9 Å². The molecule has 0 aliphatic carbocycles. The number of piperidine rings is 1. The number of benzene rings is 1. The zero-order valence-electron chi connectivity index (χ0n) is 16.9. The van der Waals surface area contributed by atoms with Crippen LogP contribution in [0.3, 0.4) is 0 Å². The third kappa shape index (κ3) is 4.82. The second-order valence-corrected chi connectivity index (χ2v) is 10.2. The number of ether oxygens (including phenoxy) is 1. The average molecular weight is 422 g/mol. The summed E-state index contributed by atoms with van der Waals surface area (Å²) in [5, 5.41) is 0. The number of carbonyl (C=O) groups excluding carboxylic acids is 1. The SMILES string of the molecule is O=C(C1CCN(S(=O)(=O)c2ccccc2)CC1)N1CCN(CC2CCCO2)CC1. The van der Waals surface area contributed by atoms with E-state index >= 15 is 0 Å². The van der Waals surface area contributed by atoms with Gasteiger partial charge >= 0.3 is 0 Å². The largest absolute Gasteiger partial charge is 0.377 e. The highest BCUT2D eigenvalue weighted by Crippen LogP contribution is 2.25. The fourth-order valence-corrected chi connectivity index (χ4v) is 6.06. The van der Waals surface area contributed by atoms with E-state index in [2.05, 4.69) is 4.90 Å². The molecular weight excluding hydrogens is 390 g/mol. The highest BCUT2D eigenvalue weighted by atomic mass is 32.2. The van der Waals surface area contributed by atoms with E-state index in [1.165, 1.54) is 4.31 Å². The molecule has 29 heavy (non-hydrogen) atoms. The van der Waals surface area contributed by atoms with Crippen LogP contribution in [0, 0.1) is 5.92 Å². The Kier molecular flexibility index (Phi) is 6.53. The van der Waals surface area contributed by atoms with Crippen LogP contribution in [0.1, 0.15) is 25.7 Å². The van der Waals surface area contributed by atoms with E-state index in [0.29, 0.717) is 36.9 Å². The van der Waals surface area contributed by atoms with Crippen LogP contribution in [-0.4, -0.2) is 87.0 Å². The second kappa shape index (κ2) is 9.12. The lowest BCUT2D eigenvalue weighted by Gasteiger charge is -2.38. The van der Waals surface area contributed by atoms with E-state index in [1.54, 1.807) is 24.3 Å². The zero-order chi connectivity index (χ0) is 20.3. The Morgan fingerprint density at radius 2 is 1.66 bits per heavy atom. The maximum absolute atomic E-state index is 12.9. The third-order valence-corrected chi connectivity index (χ3v) is 8.27. The van der Waals surface area contributed by atoms with Crippen molar-refractivity contribution in [1.29, 1.82) is 0 Å². The molecule has 3 saturated heterocycles. The van der Waals surface area contributed by atoms with Crippen molar-refractivity contribution in [3.05, 3.63) is 30.3 Å². The van der Waals surface area contributed by atoms with Gasteiger partial charge in [-0.2, -0.15) is 4.31 Å². The predicted molar refractivity (Wildman–Crippen MR) is 110 cm³/mol. The second-order valence-electron chi connectivity index (χ2n) is 8.25. The fourth-order valence-electron chi connectivity index (χ4n) is 4.57. The van der Waals surface area contributed by atoms with Crippen LogP contribution < -0.4 is 0 Å². The molecule has 1 aromatic carbocycles. The first-order chi connectivity index (χ1) is 14.0. The lowest BCUT2D eigenvalue weighted by Crippen LogP contribution is -2.53. The molecule has 3 aliphatic heterocycles. The first-order valence-electron chi connectivity index (χ1n) is 10.7. The van der Waals surface area contributed by atoms with Gasteiger partial charge < -0.3 is 9.64 Å². The first-order valence-corrected chi connectivity index (χ1v) is 12.2. The fraction of sp³-hybridized carbons (Fsp3) is 0.667. The Morgan fingerprint density at radius 1 is 0.966 bits per heavy atom. The first kappa shape index (κ1) is 20.8. The van der Waals surface area contributed by atoms with Crippen LogP contribution in [0.15, 0.2) is 35.2 Å². The number of piperazine rings is 1. The molecule has 1 unspecified atom stereocenters.